The Kier molecular flexibility index (Phi) is 6.32. The molecule has 0 saturated heterocycles. The molecule has 0 fully saturated rings. The normalized spacial score (nSPS) is 13.9. The van der Waals surface area contributed by atoms with Crippen molar-refractivity contribution in [2.75, 3.05) is 0 Å². The largest absolute Gasteiger partial charge is 0.387 e. The third-order valence-electron chi connectivity index (χ3n) is 5.09. The maximum Gasteiger partial charge on any atom is 0.0952 e. The minimum atomic E-state index is -0.574. The number of aryl methyl sites for hydroxylation is 2. The molecule has 28 heavy (non-hydrogen) atoms. The highest BCUT2D eigenvalue weighted by atomic mass is 32.2. The first-order valence-electron chi connectivity index (χ1n) is 9.82. The predicted molar refractivity (Wildman–Crippen MR) is 121 cm³/mol. The molecule has 2 heteroatoms. The fraction of sp³-hybridized carbons (Fsp3) is 0.308. The van der Waals surface area contributed by atoms with Crippen LogP contribution in [0.25, 0.3) is 0 Å². The van der Waals surface area contributed by atoms with Crippen molar-refractivity contribution in [2.24, 2.45) is 0 Å². The lowest BCUT2D eigenvalue weighted by molar-refractivity contribution is 0.175. The van der Waals surface area contributed by atoms with E-state index < -0.39 is 6.10 Å². The lowest BCUT2D eigenvalue weighted by Crippen LogP contribution is -2.11. The van der Waals surface area contributed by atoms with Crippen LogP contribution in [-0.2, 0) is 5.41 Å². The Morgan fingerprint density at radius 1 is 0.679 bits per heavy atom. The van der Waals surface area contributed by atoms with Gasteiger partial charge in [0.05, 0.1) is 11.4 Å². The van der Waals surface area contributed by atoms with Crippen LogP contribution in [0.1, 0.15) is 59.9 Å². The van der Waals surface area contributed by atoms with Crippen molar-refractivity contribution in [3.05, 3.63) is 101 Å². The molecule has 0 spiro atoms. The van der Waals surface area contributed by atoms with Crippen molar-refractivity contribution in [1.29, 1.82) is 0 Å². The average molecular weight is 391 g/mol. The summed E-state index contributed by atoms with van der Waals surface area (Å²) in [5.41, 5.74) is 5.99. The molecule has 146 valence electrons. The van der Waals surface area contributed by atoms with Gasteiger partial charge in [0.2, 0.25) is 0 Å². The van der Waals surface area contributed by atoms with Crippen LogP contribution in [0.15, 0.2) is 77.7 Å². The minimum absolute atomic E-state index is 0.0659. The second kappa shape index (κ2) is 8.55. The molecule has 0 aliphatic carbocycles. The van der Waals surface area contributed by atoms with Gasteiger partial charge in [-0.3, -0.25) is 0 Å². The molecule has 0 aliphatic heterocycles. The van der Waals surface area contributed by atoms with Crippen molar-refractivity contribution in [1.82, 2.24) is 0 Å². The smallest absolute Gasteiger partial charge is 0.0952 e. The van der Waals surface area contributed by atoms with E-state index in [0.717, 1.165) is 11.1 Å². The molecule has 3 aromatic carbocycles. The van der Waals surface area contributed by atoms with Crippen LogP contribution in [0.4, 0.5) is 0 Å². The van der Waals surface area contributed by atoms with Gasteiger partial charge in [0, 0.05) is 4.90 Å². The third-order valence-corrected chi connectivity index (χ3v) is 6.42. The lowest BCUT2D eigenvalue weighted by Gasteiger charge is -2.24. The monoisotopic (exact) mass is 390 g/mol. The van der Waals surface area contributed by atoms with E-state index in [4.69, 9.17) is 0 Å². The van der Waals surface area contributed by atoms with E-state index in [9.17, 15) is 5.11 Å². The van der Waals surface area contributed by atoms with Gasteiger partial charge < -0.3 is 5.11 Å². The summed E-state index contributed by atoms with van der Waals surface area (Å²) in [6.07, 6.45) is -0.574. The first-order chi connectivity index (χ1) is 13.2. The molecule has 0 heterocycles. The number of rotatable bonds is 5. The maximum atomic E-state index is 11.2. The van der Waals surface area contributed by atoms with Gasteiger partial charge in [-0.2, -0.15) is 0 Å². The Hall–Kier alpha value is -2.03. The van der Waals surface area contributed by atoms with Crippen LogP contribution in [0, 0.1) is 13.8 Å². The molecule has 0 aliphatic rings. The van der Waals surface area contributed by atoms with Gasteiger partial charge in [-0.05, 0) is 48.1 Å². The SMILES string of the molecule is Cc1ccc([C@H](O)[C@@H](Sc2ccc(C(C)(C)C)cc2)c2ccc(C)cc2)cc1. The van der Waals surface area contributed by atoms with Crippen LogP contribution in [-0.4, -0.2) is 5.11 Å². The summed E-state index contributed by atoms with van der Waals surface area (Å²) in [4.78, 5) is 1.17. The third kappa shape index (κ3) is 5.06. The summed E-state index contributed by atoms with van der Waals surface area (Å²) in [7, 11) is 0. The second-order valence-electron chi connectivity index (χ2n) is 8.58. The molecule has 1 nitrogen and oxygen atoms in total. The van der Waals surface area contributed by atoms with E-state index in [0.29, 0.717) is 0 Å². The molecule has 2 atom stereocenters. The van der Waals surface area contributed by atoms with Crippen molar-refractivity contribution >= 4 is 11.8 Å². The van der Waals surface area contributed by atoms with Crippen LogP contribution in [0.2, 0.25) is 0 Å². The number of aliphatic hydroxyl groups excluding tert-OH is 1. The van der Waals surface area contributed by atoms with Gasteiger partial charge in [0.15, 0.2) is 0 Å². The highest BCUT2D eigenvalue weighted by Crippen LogP contribution is 2.44. The fourth-order valence-electron chi connectivity index (χ4n) is 3.19. The van der Waals surface area contributed by atoms with E-state index in [1.165, 1.54) is 21.6 Å². The quantitative estimate of drug-likeness (QED) is 0.466. The number of hydrogen-bond donors (Lipinski definition) is 1. The summed E-state index contributed by atoms with van der Waals surface area (Å²) < 4.78 is 0. The Bertz CT molecular complexity index is 887. The van der Waals surface area contributed by atoms with Crippen molar-refractivity contribution in [3.63, 3.8) is 0 Å². The molecular weight excluding hydrogens is 360 g/mol. The summed E-state index contributed by atoms with van der Waals surface area (Å²) in [5.74, 6) is 0. The Morgan fingerprint density at radius 2 is 1.14 bits per heavy atom. The summed E-state index contributed by atoms with van der Waals surface area (Å²) in [6.45, 7) is 10.8. The molecule has 0 bridgehead atoms. The van der Waals surface area contributed by atoms with Gasteiger partial charge in [-0.1, -0.05) is 92.6 Å². The number of thioether (sulfide) groups is 1. The Morgan fingerprint density at radius 3 is 1.61 bits per heavy atom. The predicted octanol–water partition coefficient (Wildman–Crippen LogP) is 7.17. The van der Waals surface area contributed by atoms with E-state index in [1.807, 2.05) is 12.1 Å². The molecule has 0 saturated carbocycles. The lowest BCUT2D eigenvalue weighted by atomic mass is 9.87. The molecule has 0 unspecified atom stereocenters. The van der Waals surface area contributed by atoms with E-state index >= 15 is 0 Å². The van der Waals surface area contributed by atoms with Gasteiger partial charge in [0.1, 0.15) is 0 Å². The zero-order valence-electron chi connectivity index (χ0n) is 17.4. The molecular formula is C26H30OS. The van der Waals surface area contributed by atoms with Crippen LogP contribution in [0.3, 0.4) is 0 Å². The zero-order valence-corrected chi connectivity index (χ0v) is 18.3. The first-order valence-corrected chi connectivity index (χ1v) is 10.7. The Balaban J connectivity index is 1.92. The van der Waals surface area contributed by atoms with E-state index in [2.05, 4.69) is 95.3 Å². The number of benzene rings is 3. The molecule has 0 amide bonds. The molecule has 1 N–H and O–H groups in total. The van der Waals surface area contributed by atoms with Crippen molar-refractivity contribution in [2.45, 2.75) is 56.3 Å². The van der Waals surface area contributed by atoms with E-state index in [1.54, 1.807) is 11.8 Å². The van der Waals surface area contributed by atoms with Crippen LogP contribution < -0.4 is 0 Å². The van der Waals surface area contributed by atoms with Crippen LogP contribution in [0.5, 0.6) is 0 Å². The number of hydrogen-bond acceptors (Lipinski definition) is 2. The highest BCUT2D eigenvalue weighted by Gasteiger charge is 2.24. The van der Waals surface area contributed by atoms with E-state index in [-0.39, 0.29) is 10.7 Å². The Labute approximate surface area is 173 Å². The minimum Gasteiger partial charge on any atom is -0.387 e. The van der Waals surface area contributed by atoms with Gasteiger partial charge in [-0.15, -0.1) is 11.8 Å². The van der Waals surface area contributed by atoms with Crippen LogP contribution >= 0.6 is 11.8 Å². The maximum absolute atomic E-state index is 11.2. The summed E-state index contributed by atoms with van der Waals surface area (Å²) in [5, 5.41) is 11.2. The van der Waals surface area contributed by atoms with Gasteiger partial charge in [0.25, 0.3) is 0 Å². The molecule has 0 radical (unpaired) electrons. The van der Waals surface area contributed by atoms with Crippen molar-refractivity contribution < 1.29 is 5.11 Å². The molecule has 3 rings (SSSR count). The standard InChI is InChI=1S/C26H30OS/c1-18-6-10-20(11-7-18)24(27)25(21-12-8-19(2)9-13-21)28-23-16-14-22(15-17-23)26(3,4)5/h6-17,24-25,27H,1-5H3/t24-,25-/m0/s1. The van der Waals surface area contributed by atoms with Crippen molar-refractivity contribution in [3.8, 4) is 0 Å². The average Bonchev–Trinajstić information content (AvgIpc) is 2.67. The summed E-state index contributed by atoms with van der Waals surface area (Å²) >= 11 is 1.72. The number of aliphatic hydroxyl groups is 1. The van der Waals surface area contributed by atoms with Gasteiger partial charge in [-0.25, -0.2) is 0 Å². The highest BCUT2D eigenvalue weighted by molar-refractivity contribution is 7.99. The zero-order chi connectivity index (χ0) is 20.3. The fourth-order valence-corrected chi connectivity index (χ4v) is 4.36. The molecule has 3 aromatic rings. The topological polar surface area (TPSA) is 20.2 Å². The molecule has 0 aromatic heterocycles. The van der Waals surface area contributed by atoms with Gasteiger partial charge >= 0.3 is 0 Å². The summed E-state index contributed by atoms with van der Waals surface area (Å²) in [6, 6.07) is 25.4. The second-order valence-corrected chi connectivity index (χ2v) is 9.79. The first kappa shape index (κ1) is 20.7.